The molecule has 0 N–H and O–H groups in total. The van der Waals surface area contributed by atoms with Crippen LogP contribution in [0, 0.1) is 0 Å². The predicted molar refractivity (Wildman–Crippen MR) is 92.4 cm³/mol. The molecule has 0 saturated heterocycles. The van der Waals surface area contributed by atoms with E-state index >= 15 is 0 Å². The molecule has 0 atom stereocenters. The van der Waals surface area contributed by atoms with Crippen LogP contribution in [0.25, 0.3) is 10.9 Å². The maximum absolute atomic E-state index is 6.02. The molecule has 3 nitrogen and oxygen atoms in total. The van der Waals surface area contributed by atoms with Crippen molar-refractivity contribution < 1.29 is 0 Å². The van der Waals surface area contributed by atoms with Crippen molar-refractivity contribution in [1.82, 2.24) is 9.88 Å². The smallest absolute Gasteiger partial charge is 0.0726 e. The van der Waals surface area contributed by atoms with Crippen molar-refractivity contribution in [3.63, 3.8) is 0 Å². The average Bonchev–Trinajstić information content (AvgIpc) is 2.50. The Hall–Kier alpha value is -1.32. The Bertz CT molecular complexity index is 583. The highest BCUT2D eigenvalue weighted by atomic mass is 35.5. The lowest BCUT2D eigenvalue weighted by molar-refractivity contribution is 0.413. The minimum atomic E-state index is 0.450. The maximum Gasteiger partial charge on any atom is 0.0726 e. The number of rotatable bonds is 7. The monoisotopic (exact) mass is 305 g/mol. The zero-order valence-electron chi connectivity index (χ0n) is 13.1. The molecule has 0 fully saturated rings. The molecular formula is C17H24ClN3. The molecule has 1 aromatic heterocycles. The molecule has 0 aliphatic rings. The molecule has 0 amide bonds. The number of hydrogen-bond donors (Lipinski definition) is 0. The van der Waals surface area contributed by atoms with Gasteiger partial charge in [0, 0.05) is 30.7 Å². The van der Waals surface area contributed by atoms with Crippen LogP contribution in [0.3, 0.4) is 0 Å². The van der Waals surface area contributed by atoms with E-state index in [0.717, 1.165) is 37.3 Å². The fraction of sp³-hybridized carbons (Fsp3) is 0.471. The molecule has 114 valence electrons. The summed E-state index contributed by atoms with van der Waals surface area (Å²) in [7, 11) is 4.22. The van der Waals surface area contributed by atoms with Gasteiger partial charge in [0.25, 0.3) is 0 Å². The number of likely N-dealkylation sites (N-methyl/N-ethyl adjacent to an activating group) is 1. The van der Waals surface area contributed by atoms with Crippen LogP contribution >= 0.6 is 11.6 Å². The van der Waals surface area contributed by atoms with Gasteiger partial charge >= 0.3 is 0 Å². The second-order valence-electron chi connectivity index (χ2n) is 5.57. The molecule has 0 aliphatic heterocycles. The van der Waals surface area contributed by atoms with Gasteiger partial charge < -0.3 is 9.80 Å². The second-order valence-corrected chi connectivity index (χ2v) is 5.84. The number of pyridine rings is 1. The third-order valence-corrected chi connectivity index (χ3v) is 3.81. The van der Waals surface area contributed by atoms with Crippen LogP contribution in [0.15, 0.2) is 30.3 Å². The van der Waals surface area contributed by atoms with Crippen LogP contribution in [-0.4, -0.2) is 43.6 Å². The number of hydrogen-bond acceptors (Lipinski definition) is 3. The van der Waals surface area contributed by atoms with E-state index in [2.05, 4.69) is 60.1 Å². The first-order chi connectivity index (χ1) is 10.2. The van der Waals surface area contributed by atoms with Crippen LogP contribution in [-0.2, 0) is 5.88 Å². The summed E-state index contributed by atoms with van der Waals surface area (Å²) in [6, 6.07) is 10.4. The Morgan fingerprint density at radius 1 is 1.10 bits per heavy atom. The van der Waals surface area contributed by atoms with Gasteiger partial charge in [-0.1, -0.05) is 25.1 Å². The van der Waals surface area contributed by atoms with E-state index < -0.39 is 0 Å². The molecule has 21 heavy (non-hydrogen) atoms. The summed E-state index contributed by atoms with van der Waals surface area (Å²) in [6.45, 7) is 5.31. The standard InChI is InChI=1S/C17H24ClN3/c1-4-9-21(11-10-20(2)3)17-12-14(13-18)19-16-8-6-5-7-15(16)17/h5-8,12H,4,9-11,13H2,1-3H3. The fourth-order valence-electron chi connectivity index (χ4n) is 2.48. The lowest BCUT2D eigenvalue weighted by Crippen LogP contribution is -2.32. The quantitative estimate of drug-likeness (QED) is 0.726. The minimum absolute atomic E-state index is 0.450. The maximum atomic E-state index is 6.02. The highest BCUT2D eigenvalue weighted by molar-refractivity contribution is 6.17. The first-order valence-electron chi connectivity index (χ1n) is 7.50. The Labute approximate surface area is 132 Å². The van der Waals surface area contributed by atoms with E-state index in [0.29, 0.717) is 5.88 Å². The summed E-state index contributed by atoms with van der Waals surface area (Å²) in [5.41, 5.74) is 3.22. The number of anilines is 1. The summed E-state index contributed by atoms with van der Waals surface area (Å²) in [5.74, 6) is 0.450. The number of para-hydroxylation sites is 1. The van der Waals surface area contributed by atoms with Gasteiger partial charge in [-0.3, -0.25) is 4.98 Å². The van der Waals surface area contributed by atoms with E-state index in [1.165, 1.54) is 11.1 Å². The number of benzene rings is 1. The fourth-order valence-corrected chi connectivity index (χ4v) is 2.62. The molecule has 2 aromatic rings. The zero-order valence-corrected chi connectivity index (χ0v) is 13.9. The first kappa shape index (κ1) is 16.1. The second kappa shape index (κ2) is 7.62. The Morgan fingerprint density at radius 3 is 2.52 bits per heavy atom. The molecule has 1 aromatic carbocycles. The van der Waals surface area contributed by atoms with E-state index in [4.69, 9.17) is 11.6 Å². The molecule has 0 spiro atoms. The summed E-state index contributed by atoms with van der Waals surface area (Å²) in [6.07, 6.45) is 1.13. The van der Waals surface area contributed by atoms with Crippen molar-refractivity contribution in [2.24, 2.45) is 0 Å². The highest BCUT2D eigenvalue weighted by Crippen LogP contribution is 2.27. The highest BCUT2D eigenvalue weighted by Gasteiger charge is 2.12. The topological polar surface area (TPSA) is 19.4 Å². The molecule has 1 heterocycles. The molecule has 0 saturated carbocycles. The van der Waals surface area contributed by atoms with E-state index in [1.54, 1.807) is 0 Å². The van der Waals surface area contributed by atoms with Crippen molar-refractivity contribution in [2.75, 3.05) is 38.6 Å². The summed E-state index contributed by atoms with van der Waals surface area (Å²) >= 11 is 6.02. The van der Waals surface area contributed by atoms with Gasteiger partial charge in [-0.05, 0) is 32.6 Å². The van der Waals surface area contributed by atoms with E-state index in [1.807, 2.05) is 6.07 Å². The Kier molecular flexibility index (Phi) is 5.83. The van der Waals surface area contributed by atoms with Crippen LogP contribution in [0.1, 0.15) is 19.0 Å². The van der Waals surface area contributed by atoms with Crippen LogP contribution in [0.5, 0.6) is 0 Å². The third kappa shape index (κ3) is 4.08. The van der Waals surface area contributed by atoms with Crippen molar-refractivity contribution in [3.05, 3.63) is 36.0 Å². The van der Waals surface area contributed by atoms with Gasteiger partial charge in [-0.15, -0.1) is 11.6 Å². The van der Waals surface area contributed by atoms with Crippen LogP contribution in [0.2, 0.25) is 0 Å². The van der Waals surface area contributed by atoms with Gasteiger partial charge in [0.2, 0.25) is 0 Å². The van der Waals surface area contributed by atoms with Gasteiger partial charge in [-0.25, -0.2) is 0 Å². The summed E-state index contributed by atoms with van der Waals surface area (Å²) < 4.78 is 0. The lowest BCUT2D eigenvalue weighted by Gasteiger charge is -2.27. The van der Waals surface area contributed by atoms with Crippen molar-refractivity contribution in [1.29, 1.82) is 0 Å². The zero-order chi connectivity index (χ0) is 15.2. The van der Waals surface area contributed by atoms with Crippen molar-refractivity contribution >= 4 is 28.2 Å². The van der Waals surface area contributed by atoms with Gasteiger partial charge in [-0.2, -0.15) is 0 Å². The Balaban J connectivity index is 2.44. The third-order valence-electron chi connectivity index (χ3n) is 3.54. The van der Waals surface area contributed by atoms with E-state index in [9.17, 15) is 0 Å². The molecule has 2 rings (SSSR count). The van der Waals surface area contributed by atoms with Crippen molar-refractivity contribution in [3.8, 4) is 0 Å². The number of aromatic nitrogens is 1. The lowest BCUT2D eigenvalue weighted by atomic mass is 10.1. The number of nitrogens with zero attached hydrogens (tertiary/aromatic N) is 3. The van der Waals surface area contributed by atoms with Crippen LogP contribution in [0.4, 0.5) is 5.69 Å². The van der Waals surface area contributed by atoms with Gasteiger partial charge in [0.1, 0.15) is 0 Å². The van der Waals surface area contributed by atoms with Crippen LogP contribution < -0.4 is 4.90 Å². The predicted octanol–water partition coefficient (Wildman–Crippen LogP) is 3.75. The Morgan fingerprint density at radius 2 is 1.86 bits per heavy atom. The molecular weight excluding hydrogens is 282 g/mol. The SMILES string of the molecule is CCCN(CCN(C)C)c1cc(CCl)nc2ccccc12. The first-order valence-corrected chi connectivity index (χ1v) is 8.03. The molecule has 0 unspecified atom stereocenters. The van der Waals surface area contributed by atoms with Crippen molar-refractivity contribution in [2.45, 2.75) is 19.2 Å². The number of halogens is 1. The minimum Gasteiger partial charge on any atom is -0.370 e. The molecule has 0 aliphatic carbocycles. The largest absolute Gasteiger partial charge is 0.370 e. The summed E-state index contributed by atoms with van der Waals surface area (Å²) in [5, 5.41) is 1.21. The normalized spacial score (nSPS) is 11.3. The average molecular weight is 306 g/mol. The summed E-state index contributed by atoms with van der Waals surface area (Å²) in [4.78, 5) is 9.28. The van der Waals surface area contributed by atoms with E-state index in [-0.39, 0.29) is 0 Å². The molecule has 4 heteroatoms. The number of alkyl halides is 1. The number of fused-ring (bicyclic) bond motifs is 1. The van der Waals surface area contributed by atoms with Gasteiger partial charge in [0.05, 0.1) is 17.1 Å². The molecule has 0 radical (unpaired) electrons. The molecule has 0 bridgehead atoms. The van der Waals surface area contributed by atoms with Gasteiger partial charge in [0.15, 0.2) is 0 Å².